The molecule has 1 aliphatic heterocycles. The largest absolute Gasteiger partial charge is 0.370 e. The average molecular weight is 340 g/mol. The molecule has 0 bridgehead atoms. The second-order valence-corrected chi connectivity index (χ2v) is 6.19. The Morgan fingerprint density at radius 1 is 1.30 bits per heavy atom. The van der Waals surface area contributed by atoms with Crippen molar-refractivity contribution in [1.29, 1.82) is 0 Å². The lowest BCUT2D eigenvalue weighted by molar-refractivity contribution is -0.134. The number of aryl methyl sites for hydroxylation is 1. The van der Waals surface area contributed by atoms with Crippen molar-refractivity contribution in [3.8, 4) is 0 Å². The van der Waals surface area contributed by atoms with E-state index in [2.05, 4.69) is 0 Å². The second kappa shape index (κ2) is 8.89. The summed E-state index contributed by atoms with van der Waals surface area (Å²) in [4.78, 5) is 25.3. The van der Waals surface area contributed by atoms with Crippen molar-refractivity contribution in [2.24, 2.45) is 17.4 Å². The summed E-state index contributed by atoms with van der Waals surface area (Å²) in [6, 6.07) is 7.14. The zero-order valence-corrected chi connectivity index (χ0v) is 14.3. The number of carbonyl (C=O) groups is 2. The predicted octanol–water partition coefficient (Wildman–Crippen LogP) is 1.92. The lowest BCUT2D eigenvalue weighted by atomic mass is 9.92. The van der Waals surface area contributed by atoms with Crippen molar-refractivity contribution in [3.05, 3.63) is 35.4 Å². The zero-order valence-electron chi connectivity index (χ0n) is 13.5. The number of halogens is 1. The molecule has 2 rings (SSSR count). The third-order valence-electron chi connectivity index (χ3n) is 4.33. The number of likely N-dealkylation sites (tertiary alicyclic amines) is 1. The first kappa shape index (κ1) is 19.5. The number of nitrogens with two attached hydrogens (primary N) is 2. The molecule has 6 heteroatoms. The highest BCUT2D eigenvalue weighted by Crippen LogP contribution is 2.23. The van der Waals surface area contributed by atoms with Gasteiger partial charge in [0, 0.05) is 19.5 Å². The minimum absolute atomic E-state index is 0. The molecule has 1 aromatic carbocycles. The molecule has 1 aliphatic rings. The van der Waals surface area contributed by atoms with E-state index in [-0.39, 0.29) is 24.2 Å². The number of benzene rings is 1. The van der Waals surface area contributed by atoms with E-state index < -0.39 is 6.04 Å². The lowest BCUT2D eigenvalue weighted by Crippen LogP contribution is -2.44. The molecule has 128 valence electrons. The Kier molecular flexibility index (Phi) is 7.52. The molecule has 2 unspecified atom stereocenters. The Hall–Kier alpha value is -1.59. The minimum atomic E-state index is -0.615. The van der Waals surface area contributed by atoms with Gasteiger partial charge in [-0.15, -0.1) is 12.4 Å². The molecule has 5 nitrogen and oxygen atoms in total. The third kappa shape index (κ3) is 5.52. The van der Waals surface area contributed by atoms with Crippen molar-refractivity contribution in [1.82, 2.24) is 4.90 Å². The molecule has 0 aromatic heterocycles. The first-order valence-corrected chi connectivity index (χ1v) is 7.86. The number of carbonyl (C=O) groups excluding carboxylic acids is 2. The summed E-state index contributed by atoms with van der Waals surface area (Å²) in [5.41, 5.74) is 13.3. The van der Waals surface area contributed by atoms with Crippen LogP contribution in [0.5, 0.6) is 0 Å². The van der Waals surface area contributed by atoms with E-state index in [0.717, 1.165) is 36.9 Å². The summed E-state index contributed by atoms with van der Waals surface area (Å²) in [5, 5.41) is 0. The Morgan fingerprint density at radius 2 is 1.96 bits per heavy atom. The fourth-order valence-corrected chi connectivity index (χ4v) is 2.96. The molecular formula is C17H26ClN3O2. The predicted molar refractivity (Wildman–Crippen MR) is 93.1 cm³/mol. The number of primary amides is 1. The molecular weight excluding hydrogens is 314 g/mol. The van der Waals surface area contributed by atoms with Gasteiger partial charge in [-0.2, -0.15) is 0 Å². The summed E-state index contributed by atoms with van der Waals surface area (Å²) in [7, 11) is 0. The molecule has 0 spiro atoms. The van der Waals surface area contributed by atoms with Gasteiger partial charge in [0.15, 0.2) is 0 Å². The van der Waals surface area contributed by atoms with Gasteiger partial charge in [0.05, 0.1) is 0 Å². The normalized spacial score (nSPS) is 18.9. The average Bonchev–Trinajstić information content (AvgIpc) is 2.52. The molecule has 2 amide bonds. The Balaban J connectivity index is 0.00000264. The Bertz CT molecular complexity index is 533. The fraction of sp³-hybridized carbons (Fsp3) is 0.529. The zero-order chi connectivity index (χ0) is 16.1. The van der Waals surface area contributed by atoms with Crippen LogP contribution < -0.4 is 11.5 Å². The van der Waals surface area contributed by atoms with Gasteiger partial charge < -0.3 is 16.4 Å². The highest BCUT2D eigenvalue weighted by Gasteiger charge is 2.27. The van der Waals surface area contributed by atoms with Gasteiger partial charge >= 0.3 is 0 Å². The van der Waals surface area contributed by atoms with E-state index in [9.17, 15) is 9.59 Å². The quantitative estimate of drug-likeness (QED) is 0.858. The van der Waals surface area contributed by atoms with Gasteiger partial charge in [-0.1, -0.05) is 29.8 Å². The van der Waals surface area contributed by atoms with Crippen molar-refractivity contribution in [2.45, 2.75) is 38.6 Å². The van der Waals surface area contributed by atoms with Crippen LogP contribution in [0.3, 0.4) is 0 Å². The smallest absolute Gasteiger partial charge is 0.244 e. The van der Waals surface area contributed by atoms with Gasteiger partial charge in [-0.25, -0.2) is 0 Å². The molecule has 2 atom stereocenters. The molecule has 0 radical (unpaired) electrons. The van der Waals surface area contributed by atoms with E-state index in [1.807, 2.05) is 36.1 Å². The van der Waals surface area contributed by atoms with Crippen LogP contribution in [0.25, 0.3) is 0 Å². The maximum atomic E-state index is 12.6. The molecule has 1 aromatic rings. The first-order valence-electron chi connectivity index (χ1n) is 7.86. The van der Waals surface area contributed by atoms with Crippen molar-refractivity contribution < 1.29 is 9.59 Å². The number of nitrogens with zero attached hydrogens (tertiary/aromatic N) is 1. The summed E-state index contributed by atoms with van der Waals surface area (Å²) in [6.45, 7) is 3.42. The maximum Gasteiger partial charge on any atom is 0.244 e. The van der Waals surface area contributed by atoms with E-state index in [1.165, 1.54) is 0 Å². The standard InChI is InChI=1S/C17H25N3O2.ClH/c1-12-4-7-14(8-5-12)16(19)17(22)20-10-2-3-13(11-20)6-9-15(18)21;/h4-5,7-8,13,16H,2-3,6,9-11,19H2,1H3,(H2,18,21);1H. The monoisotopic (exact) mass is 339 g/mol. The number of hydrogen-bond acceptors (Lipinski definition) is 3. The van der Waals surface area contributed by atoms with Crippen molar-refractivity contribution in [2.75, 3.05) is 13.1 Å². The van der Waals surface area contributed by atoms with Gasteiger partial charge in [0.1, 0.15) is 6.04 Å². The second-order valence-electron chi connectivity index (χ2n) is 6.19. The Labute approximate surface area is 143 Å². The maximum absolute atomic E-state index is 12.6. The van der Waals surface area contributed by atoms with E-state index in [4.69, 9.17) is 11.5 Å². The van der Waals surface area contributed by atoms with Crippen molar-refractivity contribution in [3.63, 3.8) is 0 Å². The van der Waals surface area contributed by atoms with Crippen LogP contribution in [-0.2, 0) is 9.59 Å². The molecule has 1 fully saturated rings. The van der Waals surface area contributed by atoms with Crippen LogP contribution in [0.1, 0.15) is 42.9 Å². The summed E-state index contributed by atoms with van der Waals surface area (Å²) < 4.78 is 0. The van der Waals surface area contributed by atoms with E-state index in [1.54, 1.807) is 0 Å². The summed E-state index contributed by atoms with van der Waals surface area (Å²) in [6.07, 6.45) is 3.13. The highest BCUT2D eigenvalue weighted by molar-refractivity contribution is 5.85. The molecule has 23 heavy (non-hydrogen) atoms. The number of piperidine rings is 1. The molecule has 0 saturated carbocycles. The van der Waals surface area contributed by atoms with E-state index >= 15 is 0 Å². The van der Waals surface area contributed by atoms with Gasteiger partial charge in [0.2, 0.25) is 11.8 Å². The number of rotatable bonds is 5. The van der Waals surface area contributed by atoms with Gasteiger partial charge in [-0.05, 0) is 37.7 Å². The highest BCUT2D eigenvalue weighted by atomic mass is 35.5. The molecule has 4 N–H and O–H groups in total. The fourth-order valence-electron chi connectivity index (χ4n) is 2.96. The van der Waals surface area contributed by atoms with Gasteiger partial charge in [-0.3, -0.25) is 9.59 Å². The van der Waals surface area contributed by atoms with Crippen LogP contribution in [0.2, 0.25) is 0 Å². The SMILES string of the molecule is Cc1ccc(C(N)C(=O)N2CCCC(CCC(N)=O)C2)cc1.Cl. The first-order chi connectivity index (χ1) is 10.5. The summed E-state index contributed by atoms with van der Waals surface area (Å²) in [5.74, 6) is 0.0304. The van der Waals surface area contributed by atoms with Crippen LogP contribution in [0, 0.1) is 12.8 Å². The van der Waals surface area contributed by atoms with E-state index in [0.29, 0.717) is 18.9 Å². The lowest BCUT2D eigenvalue weighted by Gasteiger charge is -2.34. The molecule has 0 aliphatic carbocycles. The van der Waals surface area contributed by atoms with Crippen molar-refractivity contribution >= 4 is 24.2 Å². The van der Waals surface area contributed by atoms with Crippen LogP contribution in [0.15, 0.2) is 24.3 Å². The third-order valence-corrected chi connectivity index (χ3v) is 4.33. The summed E-state index contributed by atoms with van der Waals surface area (Å²) >= 11 is 0. The Morgan fingerprint density at radius 3 is 2.57 bits per heavy atom. The van der Waals surface area contributed by atoms with Crippen LogP contribution in [0.4, 0.5) is 0 Å². The molecule has 1 saturated heterocycles. The minimum Gasteiger partial charge on any atom is -0.370 e. The van der Waals surface area contributed by atoms with Gasteiger partial charge in [0.25, 0.3) is 0 Å². The van der Waals surface area contributed by atoms with Crippen LogP contribution in [-0.4, -0.2) is 29.8 Å². The van der Waals surface area contributed by atoms with Crippen LogP contribution >= 0.6 is 12.4 Å². The number of hydrogen-bond donors (Lipinski definition) is 2. The number of amides is 2. The molecule has 1 heterocycles. The topological polar surface area (TPSA) is 89.4 Å².